The summed E-state index contributed by atoms with van der Waals surface area (Å²) in [6.45, 7) is 1.50. The summed E-state index contributed by atoms with van der Waals surface area (Å²) in [7, 11) is 0. The van der Waals surface area contributed by atoms with Gasteiger partial charge in [0.25, 0.3) is 0 Å². The fraction of sp³-hybridized carbons (Fsp3) is 0.417. The Kier molecular flexibility index (Phi) is 2.93. The van der Waals surface area contributed by atoms with E-state index < -0.39 is 0 Å². The molecule has 2 heterocycles. The van der Waals surface area contributed by atoms with Gasteiger partial charge in [0.1, 0.15) is 0 Å². The molecule has 1 unspecified atom stereocenters. The standard InChI is InChI=1S/C12H15N5O/c13-10-5-3-9(4-6-10)12-14-15-16-17(12)11-2-1-7-18-8-11/h3-6,11H,1-2,7-8,13H2. The summed E-state index contributed by atoms with van der Waals surface area (Å²) in [4.78, 5) is 0. The van der Waals surface area contributed by atoms with Crippen molar-refractivity contribution < 1.29 is 4.74 Å². The summed E-state index contributed by atoms with van der Waals surface area (Å²) in [5.74, 6) is 0.769. The Morgan fingerprint density at radius 1 is 1.28 bits per heavy atom. The van der Waals surface area contributed by atoms with Gasteiger partial charge in [0.2, 0.25) is 0 Å². The van der Waals surface area contributed by atoms with Crippen LogP contribution in [0, 0.1) is 0 Å². The molecular formula is C12H15N5O. The Bertz CT molecular complexity index is 516. The van der Waals surface area contributed by atoms with E-state index in [4.69, 9.17) is 10.5 Å². The Balaban J connectivity index is 1.93. The molecule has 1 aliphatic heterocycles. The third-order valence-corrected chi connectivity index (χ3v) is 3.14. The van der Waals surface area contributed by atoms with Crippen LogP contribution in [0.3, 0.4) is 0 Å². The maximum Gasteiger partial charge on any atom is 0.182 e. The van der Waals surface area contributed by atoms with E-state index in [-0.39, 0.29) is 6.04 Å². The molecule has 1 fully saturated rings. The van der Waals surface area contributed by atoms with Crippen LogP contribution in [-0.4, -0.2) is 33.4 Å². The first-order chi connectivity index (χ1) is 8.84. The lowest BCUT2D eigenvalue weighted by molar-refractivity contribution is 0.0548. The monoisotopic (exact) mass is 245 g/mol. The number of anilines is 1. The van der Waals surface area contributed by atoms with Gasteiger partial charge in [-0.2, -0.15) is 0 Å². The van der Waals surface area contributed by atoms with Crippen molar-refractivity contribution in [2.45, 2.75) is 18.9 Å². The van der Waals surface area contributed by atoms with Crippen molar-refractivity contribution in [2.75, 3.05) is 18.9 Å². The molecule has 6 nitrogen and oxygen atoms in total. The largest absolute Gasteiger partial charge is 0.399 e. The minimum Gasteiger partial charge on any atom is -0.399 e. The molecule has 0 spiro atoms. The van der Waals surface area contributed by atoms with Gasteiger partial charge in [-0.05, 0) is 47.5 Å². The molecule has 18 heavy (non-hydrogen) atoms. The summed E-state index contributed by atoms with van der Waals surface area (Å²) < 4.78 is 7.33. The van der Waals surface area contributed by atoms with Gasteiger partial charge >= 0.3 is 0 Å². The van der Waals surface area contributed by atoms with E-state index in [1.807, 2.05) is 28.9 Å². The molecule has 0 radical (unpaired) electrons. The van der Waals surface area contributed by atoms with Gasteiger partial charge in [-0.1, -0.05) is 0 Å². The topological polar surface area (TPSA) is 78.9 Å². The molecular weight excluding hydrogens is 230 g/mol. The Morgan fingerprint density at radius 3 is 2.83 bits per heavy atom. The SMILES string of the molecule is Nc1ccc(-c2nnnn2C2CCCOC2)cc1. The summed E-state index contributed by atoms with van der Waals surface area (Å²) in [6.07, 6.45) is 2.10. The van der Waals surface area contributed by atoms with Crippen LogP contribution in [0.25, 0.3) is 11.4 Å². The highest BCUT2D eigenvalue weighted by Crippen LogP contribution is 2.24. The van der Waals surface area contributed by atoms with E-state index >= 15 is 0 Å². The number of hydrogen-bond donors (Lipinski definition) is 1. The zero-order chi connectivity index (χ0) is 12.4. The molecule has 6 heteroatoms. The van der Waals surface area contributed by atoms with E-state index in [1.165, 1.54) is 0 Å². The fourth-order valence-corrected chi connectivity index (χ4v) is 2.18. The number of nitrogens with zero attached hydrogens (tertiary/aromatic N) is 4. The Labute approximate surface area is 105 Å². The average Bonchev–Trinajstić information content (AvgIpc) is 2.90. The molecule has 1 saturated heterocycles. The van der Waals surface area contributed by atoms with Crippen LogP contribution in [0.4, 0.5) is 5.69 Å². The number of nitrogens with two attached hydrogens (primary N) is 1. The highest BCUT2D eigenvalue weighted by atomic mass is 16.5. The third kappa shape index (κ3) is 2.06. The first-order valence-corrected chi connectivity index (χ1v) is 6.06. The van der Waals surface area contributed by atoms with Crippen LogP contribution >= 0.6 is 0 Å². The molecule has 0 bridgehead atoms. The zero-order valence-electron chi connectivity index (χ0n) is 9.99. The number of tetrazole rings is 1. The lowest BCUT2D eigenvalue weighted by atomic mass is 10.1. The molecule has 1 aromatic carbocycles. The van der Waals surface area contributed by atoms with Crippen molar-refractivity contribution in [3.05, 3.63) is 24.3 Å². The maximum absolute atomic E-state index is 5.68. The van der Waals surface area contributed by atoms with Crippen molar-refractivity contribution in [1.82, 2.24) is 20.2 Å². The molecule has 1 aromatic heterocycles. The highest BCUT2D eigenvalue weighted by molar-refractivity contribution is 5.58. The van der Waals surface area contributed by atoms with Crippen LogP contribution in [0.15, 0.2) is 24.3 Å². The van der Waals surface area contributed by atoms with Crippen molar-refractivity contribution >= 4 is 5.69 Å². The first-order valence-electron chi connectivity index (χ1n) is 6.06. The quantitative estimate of drug-likeness (QED) is 0.806. The van der Waals surface area contributed by atoms with Gasteiger partial charge in [-0.25, -0.2) is 4.68 Å². The normalized spacial score (nSPS) is 19.9. The van der Waals surface area contributed by atoms with Gasteiger partial charge in [-0.15, -0.1) is 5.10 Å². The number of rotatable bonds is 2. The molecule has 3 rings (SSSR count). The van der Waals surface area contributed by atoms with Crippen molar-refractivity contribution in [1.29, 1.82) is 0 Å². The Hall–Kier alpha value is -1.95. The first kappa shape index (κ1) is 11.2. The van der Waals surface area contributed by atoms with E-state index in [9.17, 15) is 0 Å². The molecule has 1 aliphatic rings. The molecule has 0 aliphatic carbocycles. The number of benzene rings is 1. The molecule has 2 aromatic rings. The van der Waals surface area contributed by atoms with Crippen LogP contribution < -0.4 is 5.73 Å². The average molecular weight is 245 g/mol. The van der Waals surface area contributed by atoms with E-state index in [0.29, 0.717) is 6.61 Å². The van der Waals surface area contributed by atoms with E-state index in [0.717, 1.165) is 36.5 Å². The Morgan fingerprint density at radius 2 is 2.11 bits per heavy atom. The number of aromatic nitrogens is 4. The number of nitrogen functional groups attached to an aromatic ring is 1. The lowest BCUT2D eigenvalue weighted by Gasteiger charge is -2.22. The molecule has 1 atom stereocenters. The zero-order valence-corrected chi connectivity index (χ0v) is 9.99. The van der Waals surface area contributed by atoms with Crippen molar-refractivity contribution in [3.8, 4) is 11.4 Å². The number of hydrogen-bond acceptors (Lipinski definition) is 5. The van der Waals surface area contributed by atoms with Crippen LogP contribution in [-0.2, 0) is 4.74 Å². The molecule has 2 N–H and O–H groups in total. The van der Waals surface area contributed by atoms with Gasteiger partial charge in [0.05, 0.1) is 12.6 Å². The van der Waals surface area contributed by atoms with Crippen LogP contribution in [0.1, 0.15) is 18.9 Å². The second kappa shape index (κ2) is 4.73. The summed E-state index contributed by atoms with van der Waals surface area (Å²) in [5.41, 5.74) is 7.39. The predicted molar refractivity (Wildman–Crippen MR) is 66.8 cm³/mol. The third-order valence-electron chi connectivity index (χ3n) is 3.14. The van der Waals surface area contributed by atoms with E-state index in [1.54, 1.807) is 0 Å². The fourth-order valence-electron chi connectivity index (χ4n) is 2.18. The van der Waals surface area contributed by atoms with Crippen molar-refractivity contribution in [2.24, 2.45) is 0 Å². The smallest absolute Gasteiger partial charge is 0.182 e. The van der Waals surface area contributed by atoms with E-state index in [2.05, 4.69) is 15.5 Å². The van der Waals surface area contributed by atoms with Gasteiger partial charge < -0.3 is 10.5 Å². The second-order valence-corrected chi connectivity index (χ2v) is 4.44. The minimum absolute atomic E-state index is 0.223. The number of ether oxygens (including phenoxy) is 1. The van der Waals surface area contributed by atoms with Gasteiger partial charge in [-0.3, -0.25) is 0 Å². The van der Waals surface area contributed by atoms with Gasteiger partial charge in [0, 0.05) is 17.9 Å². The van der Waals surface area contributed by atoms with Crippen LogP contribution in [0.2, 0.25) is 0 Å². The second-order valence-electron chi connectivity index (χ2n) is 4.44. The molecule has 0 amide bonds. The highest BCUT2D eigenvalue weighted by Gasteiger charge is 2.21. The summed E-state index contributed by atoms with van der Waals surface area (Å²) in [6, 6.07) is 7.79. The predicted octanol–water partition coefficient (Wildman–Crippen LogP) is 1.27. The summed E-state index contributed by atoms with van der Waals surface area (Å²) >= 11 is 0. The summed E-state index contributed by atoms with van der Waals surface area (Å²) in [5, 5.41) is 12.0. The van der Waals surface area contributed by atoms with Crippen molar-refractivity contribution in [3.63, 3.8) is 0 Å². The minimum atomic E-state index is 0.223. The van der Waals surface area contributed by atoms with Crippen LogP contribution in [0.5, 0.6) is 0 Å². The van der Waals surface area contributed by atoms with Gasteiger partial charge in [0.15, 0.2) is 5.82 Å². The molecule has 0 saturated carbocycles. The lowest BCUT2D eigenvalue weighted by Crippen LogP contribution is -2.23. The maximum atomic E-state index is 5.68. The molecule has 94 valence electrons.